The molecule has 0 aliphatic rings. The number of imidazole rings is 1. The highest BCUT2D eigenvalue weighted by atomic mass is 79.9. The molecule has 4 nitrogen and oxygen atoms in total. The van der Waals surface area contributed by atoms with E-state index in [0.29, 0.717) is 6.54 Å². The van der Waals surface area contributed by atoms with Crippen LogP contribution in [0.15, 0.2) is 39.7 Å². The van der Waals surface area contributed by atoms with E-state index in [-0.39, 0.29) is 12.4 Å². The fourth-order valence-electron chi connectivity index (χ4n) is 1.81. The second-order valence-corrected chi connectivity index (χ2v) is 4.87. The third-order valence-electron chi connectivity index (χ3n) is 2.60. The van der Waals surface area contributed by atoms with Gasteiger partial charge in [0.15, 0.2) is 5.58 Å². The van der Waals surface area contributed by atoms with E-state index in [1.165, 1.54) is 0 Å². The summed E-state index contributed by atoms with van der Waals surface area (Å²) in [6.07, 6.45) is 3.78. The summed E-state index contributed by atoms with van der Waals surface area (Å²) < 4.78 is 8.30. The summed E-state index contributed by atoms with van der Waals surface area (Å²) in [5, 5.41) is 5.13. The summed E-state index contributed by atoms with van der Waals surface area (Å²) in [6, 6.07) is 5.87. The van der Waals surface area contributed by atoms with Crippen LogP contribution in [0.25, 0.3) is 11.0 Å². The van der Waals surface area contributed by atoms with Gasteiger partial charge in [-0.15, -0.1) is 12.4 Å². The second-order valence-electron chi connectivity index (χ2n) is 3.96. The fraction of sp³-hybridized carbons (Fsp3) is 0.167. The Hall–Kier alpha value is -1.33. The number of rotatable bonds is 2. The molecule has 0 radical (unpaired) electrons. The molecule has 0 aliphatic heterocycles. The van der Waals surface area contributed by atoms with Crippen LogP contribution in [0.1, 0.15) is 11.4 Å². The summed E-state index contributed by atoms with van der Waals surface area (Å²) in [5.74, 6) is 0. The minimum Gasteiger partial charge on any atom is -0.356 e. The third-order valence-corrected chi connectivity index (χ3v) is 3.09. The minimum absolute atomic E-state index is 0. The van der Waals surface area contributed by atoms with Gasteiger partial charge in [-0.2, -0.15) is 0 Å². The van der Waals surface area contributed by atoms with Crippen LogP contribution < -0.4 is 0 Å². The Morgan fingerprint density at radius 1 is 1.39 bits per heavy atom. The van der Waals surface area contributed by atoms with Gasteiger partial charge in [-0.05, 0) is 25.1 Å². The number of aromatic nitrogens is 3. The van der Waals surface area contributed by atoms with Gasteiger partial charge < -0.3 is 9.09 Å². The highest BCUT2D eigenvalue weighted by molar-refractivity contribution is 9.10. The largest absolute Gasteiger partial charge is 0.356 e. The number of hydrogen-bond acceptors (Lipinski definition) is 3. The van der Waals surface area contributed by atoms with E-state index in [9.17, 15) is 0 Å². The van der Waals surface area contributed by atoms with Crippen molar-refractivity contribution in [2.45, 2.75) is 13.5 Å². The Bertz CT molecular complexity index is 677. The van der Waals surface area contributed by atoms with Crippen molar-refractivity contribution in [2.24, 2.45) is 0 Å². The summed E-state index contributed by atoms with van der Waals surface area (Å²) in [6.45, 7) is 2.64. The van der Waals surface area contributed by atoms with Crippen LogP contribution in [0.2, 0.25) is 0 Å². The highest BCUT2D eigenvalue weighted by Crippen LogP contribution is 2.23. The van der Waals surface area contributed by atoms with Gasteiger partial charge in [-0.3, -0.25) is 0 Å². The minimum atomic E-state index is 0. The maximum Gasteiger partial charge on any atom is 0.167 e. The summed E-state index contributed by atoms with van der Waals surface area (Å²) in [7, 11) is 0. The average Bonchev–Trinajstić information content (AvgIpc) is 2.87. The van der Waals surface area contributed by atoms with Crippen LogP contribution in [-0.4, -0.2) is 14.7 Å². The number of hydrogen-bond donors (Lipinski definition) is 0. The van der Waals surface area contributed by atoms with Crippen LogP contribution >= 0.6 is 28.3 Å². The van der Waals surface area contributed by atoms with E-state index in [0.717, 1.165) is 26.8 Å². The fourth-order valence-corrected chi connectivity index (χ4v) is 2.17. The van der Waals surface area contributed by atoms with Gasteiger partial charge in [0, 0.05) is 16.1 Å². The molecule has 3 aromatic rings. The number of benzene rings is 1. The van der Waals surface area contributed by atoms with Crippen LogP contribution in [0.4, 0.5) is 0 Å². The van der Waals surface area contributed by atoms with Gasteiger partial charge in [0.2, 0.25) is 0 Å². The van der Waals surface area contributed by atoms with Crippen molar-refractivity contribution in [1.29, 1.82) is 0 Å². The SMILES string of the molecule is Cc1cn(Cc2noc3ccc(Br)cc23)cn1.Cl. The second kappa shape index (κ2) is 5.12. The molecule has 2 heterocycles. The van der Waals surface area contributed by atoms with Crippen molar-refractivity contribution >= 4 is 39.3 Å². The number of nitrogens with zero attached hydrogens (tertiary/aromatic N) is 3. The van der Waals surface area contributed by atoms with Gasteiger partial charge >= 0.3 is 0 Å². The molecule has 0 aliphatic carbocycles. The first-order valence-corrected chi connectivity index (χ1v) is 6.04. The smallest absolute Gasteiger partial charge is 0.167 e. The molecule has 94 valence electrons. The zero-order valence-corrected chi connectivity index (χ0v) is 12.0. The molecule has 3 rings (SSSR count). The van der Waals surface area contributed by atoms with E-state index < -0.39 is 0 Å². The van der Waals surface area contributed by atoms with Gasteiger partial charge in [0.25, 0.3) is 0 Å². The van der Waals surface area contributed by atoms with Gasteiger partial charge in [0.05, 0.1) is 18.6 Å². The van der Waals surface area contributed by atoms with Crippen LogP contribution in [-0.2, 0) is 6.54 Å². The van der Waals surface area contributed by atoms with Gasteiger partial charge in [-0.1, -0.05) is 21.1 Å². The topological polar surface area (TPSA) is 43.9 Å². The summed E-state index contributed by atoms with van der Waals surface area (Å²) in [5.41, 5.74) is 2.72. The monoisotopic (exact) mass is 327 g/mol. The Balaban J connectivity index is 0.00000120. The third kappa shape index (κ3) is 2.42. The Labute approximate surface area is 119 Å². The number of aryl methyl sites for hydroxylation is 1. The lowest BCUT2D eigenvalue weighted by Crippen LogP contribution is -1.96. The Morgan fingerprint density at radius 2 is 2.22 bits per heavy atom. The van der Waals surface area contributed by atoms with E-state index in [2.05, 4.69) is 26.1 Å². The zero-order chi connectivity index (χ0) is 11.8. The van der Waals surface area contributed by atoms with Gasteiger partial charge in [0.1, 0.15) is 5.69 Å². The lowest BCUT2D eigenvalue weighted by atomic mass is 10.2. The molecule has 6 heteroatoms. The highest BCUT2D eigenvalue weighted by Gasteiger charge is 2.09. The molecule has 0 amide bonds. The first-order chi connectivity index (χ1) is 8.22. The molecule has 18 heavy (non-hydrogen) atoms. The molecule has 0 spiro atoms. The first-order valence-electron chi connectivity index (χ1n) is 5.24. The predicted molar refractivity (Wildman–Crippen MR) is 75.0 cm³/mol. The van der Waals surface area contributed by atoms with E-state index >= 15 is 0 Å². The van der Waals surface area contributed by atoms with E-state index in [1.807, 2.05) is 35.9 Å². The summed E-state index contributed by atoms with van der Waals surface area (Å²) in [4.78, 5) is 4.19. The molecule has 2 aromatic heterocycles. The van der Waals surface area contributed by atoms with E-state index in [1.54, 1.807) is 6.33 Å². The van der Waals surface area contributed by atoms with Crippen LogP contribution in [0.3, 0.4) is 0 Å². The lowest BCUT2D eigenvalue weighted by molar-refractivity contribution is 0.443. The van der Waals surface area contributed by atoms with Crippen molar-refractivity contribution < 1.29 is 4.52 Å². The number of fused-ring (bicyclic) bond motifs is 1. The quantitative estimate of drug-likeness (QED) is 0.722. The maximum absolute atomic E-state index is 5.28. The van der Waals surface area contributed by atoms with Crippen LogP contribution in [0, 0.1) is 6.92 Å². The normalized spacial score (nSPS) is 10.6. The number of halogens is 2. The first kappa shape index (κ1) is 13.1. The van der Waals surface area contributed by atoms with Crippen molar-refractivity contribution in [3.8, 4) is 0 Å². The molecule has 0 saturated carbocycles. The molecule has 0 saturated heterocycles. The maximum atomic E-state index is 5.28. The average molecular weight is 329 g/mol. The predicted octanol–water partition coefficient (Wildman–Crippen LogP) is 3.57. The molecule has 1 aromatic carbocycles. The van der Waals surface area contributed by atoms with Crippen LogP contribution in [0.5, 0.6) is 0 Å². The van der Waals surface area contributed by atoms with E-state index in [4.69, 9.17) is 4.52 Å². The Morgan fingerprint density at radius 3 is 2.94 bits per heavy atom. The standard InChI is InChI=1S/C12H10BrN3O.ClH/c1-8-5-16(7-14-8)6-11-10-4-9(13)2-3-12(10)17-15-11;/h2-5,7H,6H2,1H3;1H. The molecular weight excluding hydrogens is 318 g/mol. The molecular formula is C12H11BrClN3O. The van der Waals surface area contributed by atoms with Gasteiger partial charge in [-0.25, -0.2) is 4.98 Å². The summed E-state index contributed by atoms with van der Waals surface area (Å²) >= 11 is 3.45. The molecule has 0 atom stereocenters. The van der Waals surface area contributed by atoms with Crippen molar-refractivity contribution in [3.05, 3.63) is 46.6 Å². The van der Waals surface area contributed by atoms with Crippen molar-refractivity contribution in [1.82, 2.24) is 14.7 Å². The molecule has 0 N–H and O–H groups in total. The van der Waals surface area contributed by atoms with Crippen molar-refractivity contribution in [3.63, 3.8) is 0 Å². The van der Waals surface area contributed by atoms with Crippen molar-refractivity contribution in [2.75, 3.05) is 0 Å². The Kier molecular flexibility index (Phi) is 3.73. The molecule has 0 unspecified atom stereocenters. The molecule has 0 fully saturated rings. The lowest BCUT2D eigenvalue weighted by Gasteiger charge is -1.97. The zero-order valence-electron chi connectivity index (χ0n) is 9.63. The molecule has 0 bridgehead atoms.